The van der Waals surface area contributed by atoms with Crippen LogP contribution >= 0.6 is 11.3 Å². The van der Waals surface area contributed by atoms with Gasteiger partial charge in [0.1, 0.15) is 0 Å². The highest BCUT2D eigenvalue weighted by Gasteiger charge is 2.23. The fourth-order valence-electron chi connectivity index (χ4n) is 2.14. The number of rotatable bonds is 6. The van der Waals surface area contributed by atoms with Gasteiger partial charge in [-0.1, -0.05) is 13.8 Å². The quantitative estimate of drug-likeness (QED) is 0.804. The van der Waals surface area contributed by atoms with E-state index < -0.39 is 0 Å². The lowest BCUT2D eigenvalue weighted by molar-refractivity contribution is 0.0929. The van der Waals surface area contributed by atoms with Crippen molar-refractivity contribution in [3.63, 3.8) is 0 Å². The van der Waals surface area contributed by atoms with Crippen LogP contribution in [-0.2, 0) is 11.3 Å². The zero-order chi connectivity index (χ0) is 12.8. The molecule has 1 aliphatic heterocycles. The van der Waals surface area contributed by atoms with Crippen LogP contribution in [0.15, 0.2) is 6.20 Å². The van der Waals surface area contributed by atoms with Gasteiger partial charge in [0.15, 0.2) is 5.13 Å². The molecule has 2 rings (SSSR count). The van der Waals surface area contributed by atoms with Crippen molar-refractivity contribution in [2.24, 2.45) is 0 Å². The predicted octanol–water partition coefficient (Wildman–Crippen LogP) is 2.26. The van der Waals surface area contributed by atoms with Crippen molar-refractivity contribution in [3.05, 3.63) is 11.1 Å². The van der Waals surface area contributed by atoms with Crippen molar-refractivity contribution >= 4 is 16.5 Å². The van der Waals surface area contributed by atoms with Gasteiger partial charge in [0, 0.05) is 24.2 Å². The van der Waals surface area contributed by atoms with E-state index in [1.54, 1.807) is 11.3 Å². The van der Waals surface area contributed by atoms with E-state index in [1.807, 2.05) is 6.20 Å². The highest BCUT2D eigenvalue weighted by Crippen LogP contribution is 2.26. The number of morpholine rings is 1. The zero-order valence-corrected chi connectivity index (χ0v) is 12.1. The monoisotopic (exact) mass is 269 g/mol. The normalized spacial score (nSPS) is 20.3. The summed E-state index contributed by atoms with van der Waals surface area (Å²) in [6.45, 7) is 9.02. The Bertz CT molecular complexity index is 356. The average Bonchev–Trinajstić information content (AvgIpc) is 2.88. The van der Waals surface area contributed by atoms with Crippen molar-refractivity contribution in [2.45, 2.75) is 39.3 Å². The van der Waals surface area contributed by atoms with Crippen LogP contribution < -0.4 is 10.2 Å². The van der Waals surface area contributed by atoms with Gasteiger partial charge in [0.05, 0.1) is 19.3 Å². The number of ether oxygens (including phenoxy) is 1. The van der Waals surface area contributed by atoms with Crippen LogP contribution in [0, 0.1) is 0 Å². The third kappa shape index (κ3) is 3.43. The van der Waals surface area contributed by atoms with Crippen LogP contribution in [0.5, 0.6) is 0 Å². The van der Waals surface area contributed by atoms with Crippen LogP contribution in [0.2, 0.25) is 0 Å². The Labute approximate surface area is 113 Å². The van der Waals surface area contributed by atoms with Crippen LogP contribution in [0.3, 0.4) is 0 Å². The molecule has 1 atom stereocenters. The molecular formula is C13H23N3OS. The van der Waals surface area contributed by atoms with Crippen LogP contribution in [0.4, 0.5) is 5.13 Å². The molecule has 0 radical (unpaired) electrons. The Balaban J connectivity index is 1.95. The minimum Gasteiger partial charge on any atom is -0.377 e. The number of aromatic nitrogens is 1. The van der Waals surface area contributed by atoms with Gasteiger partial charge >= 0.3 is 0 Å². The number of thiazole rings is 1. The second-order valence-electron chi connectivity index (χ2n) is 4.62. The zero-order valence-electron chi connectivity index (χ0n) is 11.3. The number of hydrogen-bond donors (Lipinski definition) is 1. The van der Waals surface area contributed by atoms with E-state index in [0.717, 1.165) is 44.4 Å². The molecule has 1 N–H and O–H groups in total. The summed E-state index contributed by atoms with van der Waals surface area (Å²) < 4.78 is 5.53. The van der Waals surface area contributed by atoms with E-state index in [0.29, 0.717) is 6.04 Å². The molecule has 0 aliphatic carbocycles. The largest absolute Gasteiger partial charge is 0.377 e. The van der Waals surface area contributed by atoms with Gasteiger partial charge in [-0.15, -0.1) is 11.3 Å². The van der Waals surface area contributed by atoms with Gasteiger partial charge in [-0.25, -0.2) is 4.98 Å². The highest BCUT2D eigenvalue weighted by molar-refractivity contribution is 7.15. The van der Waals surface area contributed by atoms with E-state index >= 15 is 0 Å². The molecule has 1 aromatic heterocycles. The Hall–Kier alpha value is -0.650. The van der Waals surface area contributed by atoms with E-state index in [-0.39, 0.29) is 0 Å². The number of nitrogens with one attached hydrogen (secondary N) is 1. The maximum atomic E-state index is 5.53. The van der Waals surface area contributed by atoms with Crippen LogP contribution in [-0.4, -0.2) is 37.3 Å². The third-order valence-corrected chi connectivity index (χ3v) is 4.25. The molecule has 1 fully saturated rings. The van der Waals surface area contributed by atoms with Crippen LogP contribution in [0.25, 0.3) is 0 Å². The van der Waals surface area contributed by atoms with Crippen molar-refractivity contribution in [1.82, 2.24) is 10.3 Å². The molecule has 0 amide bonds. The Morgan fingerprint density at radius 2 is 2.44 bits per heavy atom. The van der Waals surface area contributed by atoms with Gasteiger partial charge in [0.2, 0.25) is 0 Å². The molecule has 1 aliphatic rings. The topological polar surface area (TPSA) is 37.4 Å². The van der Waals surface area contributed by atoms with Gasteiger partial charge in [-0.3, -0.25) is 0 Å². The lowest BCUT2D eigenvalue weighted by Crippen LogP contribution is -2.45. The minimum absolute atomic E-state index is 0.487. The van der Waals surface area contributed by atoms with Crippen LogP contribution in [0.1, 0.15) is 31.6 Å². The van der Waals surface area contributed by atoms with Gasteiger partial charge in [-0.2, -0.15) is 0 Å². The molecule has 102 valence electrons. The van der Waals surface area contributed by atoms with Gasteiger partial charge < -0.3 is 15.0 Å². The molecule has 0 aromatic carbocycles. The second kappa shape index (κ2) is 7.07. The first-order valence-corrected chi connectivity index (χ1v) is 7.66. The fraction of sp³-hybridized carbons (Fsp3) is 0.769. The summed E-state index contributed by atoms with van der Waals surface area (Å²) in [6, 6.07) is 0.487. The highest BCUT2D eigenvalue weighted by atomic mass is 32.1. The first kappa shape index (κ1) is 13.8. The summed E-state index contributed by atoms with van der Waals surface area (Å²) in [5.74, 6) is 0. The molecule has 0 saturated carbocycles. The number of hydrogen-bond acceptors (Lipinski definition) is 5. The van der Waals surface area contributed by atoms with E-state index in [9.17, 15) is 0 Å². The fourth-order valence-corrected chi connectivity index (χ4v) is 3.12. The first-order valence-electron chi connectivity index (χ1n) is 6.85. The summed E-state index contributed by atoms with van der Waals surface area (Å²) in [5, 5.41) is 4.57. The van der Waals surface area contributed by atoms with Gasteiger partial charge in [-0.05, 0) is 19.4 Å². The van der Waals surface area contributed by atoms with E-state index in [1.165, 1.54) is 11.3 Å². The molecule has 4 nitrogen and oxygen atoms in total. The summed E-state index contributed by atoms with van der Waals surface area (Å²) in [7, 11) is 0. The maximum Gasteiger partial charge on any atom is 0.185 e. The van der Waals surface area contributed by atoms with E-state index in [4.69, 9.17) is 4.74 Å². The lowest BCUT2D eigenvalue weighted by Gasteiger charge is -2.34. The summed E-state index contributed by atoms with van der Waals surface area (Å²) >= 11 is 1.81. The predicted molar refractivity (Wildman–Crippen MR) is 76.4 cm³/mol. The Kier molecular flexibility index (Phi) is 5.41. The standard InChI is InChI=1S/C13H23N3OS/c1-3-5-14-8-12-9-15-13(18-12)16-6-7-17-10-11(16)4-2/h9,11,14H,3-8,10H2,1-2H3. The summed E-state index contributed by atoms with van der Waals surface area (Å²) in [5.41, 5.74) is 0. The lowest BCUT2D eigenvalue weighted by atomic mass is 10.2. The summed E-state index contributed by atoms with van der Waals surface area (Å²) in [6.07, 6.45) is 4.29. The molecule has 5 heteroatoms. The minimum atomic E-state index is 0.487. The molecular weight excluding hydrogens is 246 g/mol. The number of nitrogens with zero attached hydrogens (tertiary/aromatic N) is 2. The van der Waals surface area contributed by atoms with Crippen molar-refractivity contribution in [2.75, 3.05) is 31.2 Å². The molecule has 0 bridgehead atoms. The van der Waals surface area contributed by atoms with Crippen molar-refractivity contribution in [1.29, 1.82) is 0 Å². The van der Waals surface area contributed by atoms with Crippen molar-refractivity contribution < 1.29 is 4.74 Å². The van der Waals surface area contributed by atoms with Gasteiger partial charge in [0.25, 0.3) is 0 Å². The number of anilines is 1. The Morgan fingerprint density at radius 1 is 1.56 bits per heavy atom. The second-order valence-corrected chi connectivity index (χ2v) is 5.71. The SMILES string of the molecule is CCCNCc1cnc(N2CCOCC2CC)s1. The maximum absolute atomic E-state index is 5.53. The molecule has 1 unspecified atom stereocenters. The molecule has 18 heavy (non-hydrogen) atoms. The third-order valence-electron chi connectivity index (χ3n) is 3.21. The molecule has 2 heterocycles. The van der Waals surface area contributed by atoms with E-state index in [2.05, 4.69) is 29.0 Å². The Morgan fingerprint density at radius 3 is 3.22 bits per heavy atom. The molecule has 0 spiro atoms. The smallest absolute Gasteiger partial charge is 0.185 e. The average molecular weight is 269 g/mol. The summed E-state index contributed by atoms with van der Waals surface area (Å²) in [4.78, 5) is 8.29. The molecule has 1 aromatic rings. The van der Waals surface area contributed by atoms with Crippen molar-refractivity contribution in [3.8, 4) is 0 Å². The molecule has 1 saturated heterocycles. The first-order chi connectivity index (χ1) is 8.85.